The normalized spacial score (nSPS) is 13.4. The molecule has 1 aromatic heterocycles. The van der Waals surface area contributed by atoms with E-state index in [1.54, 1.807) is 18.5 Å². The lowest BCUT2D eigenvalue weighted by Gasteiger charge is -2.24. The van der Waals surface area contributed by atoms with Gasteiger partial charge in [0.05, 0.1) is 23.1 Å². The summed E-state index contributed by atoms with van der Waals surface area (Å²) >= 11 is 3.37. The minimum atomic E-state index is -1.30. The van der Waals surface area contributed by atoms with Crippen molar-refractivity contribution in [2.24, 2.45) is 0 Å². The van der Waals surface area contributed by atoms with Crippen LogP contribution < -0.4 is 5.32 Å². The van der Waals surface area contributed by atoms with Crippen molar-refractivity contribution < 1.29 is 14.7 Å². The first kappa shape index (κ1) is 17.2. The van der Waals surface area contributed by atoms with Crippen LogP contribution in [0.5, 0.6) is 0 Å². The Bertz CT molecular complexity index is 740. The summed E-state index contributed by atoms with van der Waals surface area (Å²) in [4.78, 5) is 23.7. The molecule has 23 heavy (non-hydrogen) atoms. The fourth-order valence-electron chi connectivity index (χ4n) is 2.09. The Balaban J connectivity index is 2.30. The van der Waals surface area contributed by atoms with Gasteiger partial charge in [-0.3, -0.25) is 4.79 Å². The molecule has 0 saturated heterocycles. The molecule has 0 aliphatic rings. The number of amides is 1. The van der Waals surface area contributed by atoms with Gasteiger partial charge in [0.15, 0.2) is 0 Å². The summed E-state index contributed by atoms with van der Waals surface area (Å²) in [6, 6.07) is 7.52. The third kappa shape index (κ3) is 3.44. The summed E-state index contributed by atoms with van der Waals surface area (Å²) in [5.74, 6) is -1.51. The maximum atomic E-state index is 12.4. The second-order valence-electron chi connectivity index (χ2n) is 5.48. The topological polar surface area (TPSA) is 84.2 Å². The lowest BCUT2D eigenvalue weighted by atomic mass is 9.98. The molecule has 0 fully saturated rings. The number of hydrogen-bond acceptors (Lipinski definition) is 3. The second kappa shape index (κ2) is 6.54. The molecule has 6 nitrogen and oxygen atoms in total. The lowest BCUT2D eigenvalue weighted by Crippen LogP contribution is -2.51. The van der Waals surface area contributed by atoms with Crippen LogP contribution in [0, 0.1) is 6.92 Å². The molecule has 0 bridgehead atoms. The van der Waals surface area contributed by atoms with Gasteiger partial charge in [-0.25, -0.2) is 9.48 Å². The van der Waals surface area contributed by atoms with Gasteiger partial charge >= 0.3 is 5.97 Å². The van der Waals surface area contributed by atoms with Gasteiger partial charge in [-0.05, 0) is 44.5 Å². The van der Waals surface area contributed by atoms with Crippen LogP contribution in [-0.4, -0.2) is 32.3 Å². The van der Waals surface area contributed by atoms with E-state index in [0.29, 0.717) is 11.3 Å². The first-order chi connectivity index (χ1) is 10.8. The molecule has 1 unspecified atom stereocenters. The van der Waals surface area contributed by atoms with Crippen molar-refractivity contribution in [1.82, 2.24) is 15.1 Å². The van der Waals surface area contributed by atoms with Crippen LogP contribution in [0.4, 0.5) is 0 Å². The molecule has 2 N–H and O–H groups in total. The summed E-state index contributed by atoms with van der Waals surface area (Å²) in [6.45, 7) is 4.97. The number of hydrogen-bond donors (Lipinski definition) is 2. The molecule has 1 aromatic carbocycles. The highest BCUT2D eigenvalue weighted by molar-refractivity contribution is 9.10. The summed E-state index contributed by atoms with van der Waals surface area (Å²) in [7, 11) is 0. The Morgan fingerprint density at radius 2 is 1.96 bits per heavy atom. The fraction of sp³-hybridized carbons (Fsp3) is 0.312. The quantitative estimate of drug-likeness (QED) is 0.836. The van der Waals surface area contributed by atoms with Gasteiger partial charge in [0.25, 0.3) is 5.91 Å². The summed E-state index contributed by atoms with van der Waals surface area (Å²) < 4.78 is 2.59. The van der Waals surface area contributed by atoms with Crippen LogP contribution >= 0.6 is 15.9 Å². The van der Waals surface area contributed by atoms with E-state index in [-0.39, 0.29) is 6.42 Å². The van der Waals surface area contributed by atoms with Gasteiger partial charge in [-0.2, -0.15) is 5.10 Å². The number of halogens is 1. The van der Waals surface area contributed by atoms with E-state index in [1.165, 1.54) is 13.1 Å². The molecule has 122 valence electrons. The number of benzene rings is 1. The van der Waals surface area contributed by atoms with Crippen LogP contribution in [0.2, 0.25) is 0 Å². The zero-order valence-electron chi connectivity index (χ0n) is 13.1. The number of aliphatic carboxylic acids is 1. The first-order valence-electron chi connectivity index (χ1n) is 7.15. The highest BCUT2D eigenvalue weighted by Gasteiger charge is 2.33. The number of nitrogens with one attached hydrogen (secondary N) is 1. The minimum absolute atomic E-state index is 0.286. The number of rotatable bonds is 5. The molecule has 0 spiro atoms. The predicted molar refractivity (Wildman–Crippen MR) is 89.8 cm³/mol. The van der Waals surface area contributed by atoms with Gasteiger partial charge < -0.3 is 10.4 Å². The van der Waals surface area contributed by atoms with Crippen molar-refractivity contribution >= 4 is 27.8 Å². The molecule has 0 aliphatic carbocycles. The number of carbonyl (C=O) groups is 2. The Kier molecular flexibility index (Phi) is 4.89. The number of carboxylic acid groups (broad SMARTS) is 1. The molecular formula is C16H18BrN3O3. The van der Waals surface area contributed by atoms with E-state index < -0.39 is 17.4 Å². The Morgan fingerprint density at radius 3 is 2.48 bits per heavy atom. The highest BCUT2D eigenvalue weighted by Crippen LogP contribution is 2.18. The van der Waals surface area contributed by atoms with Crippen molar-refractivity contribution in [3.8, 4) is 5.69 Å². The van der Waals surface area contributed by atoms with Gasteiger partial charge in [0.2, 0.25) is 0 Å². The van der Waals surface area contributed by atoms with Gasteiger partial charge in [0.1, 0.15) is 5.54 Å². The van der Waals surface area contributed by atoms with Crippen LogP contribution in [0.3, 0.4) is 0 Å². The monoisotopic (exact) mass is 379 g/mol. The van der Waals surface area contributed by atoms with Crippen molar-refractivity contribution in [2.75, 3.05) is 0 Å². The molecule has 1 atom stereocenters. The second-order valence-corrected chi connectivity index (χ2v) is 6.39. The van der Waals surface area contributed by atoms with E-state index in [2.05, 4.69) is 26.3 Å². The third-order valence-corrected chi connectivity index (χ3v) is 4.42. The zero-order valence-corrected chi connectivity index (χ0v) is 14.7. The van der Waals surface area contributed by atoms with Crippen LogP contribution in [0.1, 0.15) is 36.3 Å². The van der Waals surface area contributed by atoms with Crippen LogP contribution in [-0.2, 0) is 4.79 Å². The molecule has 0 radical (unpaired) electrons. The van der Waals surface area contributed by atoms with E-state index >= 15 is 0 Å². The van der Waals surface area contributed by atoms with Gasteiger partial charge in [0, 0.05) is 4.47 Å². The van der Waals surface area contributed by atoms with E-state index in [0.717, 1.165) is 10.2 Å². The predicted octanol–water partition coefficient (Wildman–Crippen LogP) is 2.93. The fourth-order valence-corrected chi connectivity index (χ4v) is 2.35. The standard InChI is InChI=1S/C16H18BrN3O3/c1-4-16(3,15(22)23)19-14(21)13-9-18-20(10(13)2)12-7-5-11(17)6-8-12/h5-9H,4H2,1-3H3,(H,19,21)(H,22,23). The Morgan fingerprint density at radius 1 is 1.35 bits per heavy atom. The molecule has 7 heteroatoms. The summed E-state index contributed by atoms with van der Waals surface area (Å²) in [5, 5.41) is 16.1. The van der Waals surface area contributed by atoms with Crippen molar-refractivity contribution in [2.45, 2.75) is 32.7 Å². The SMILES string of the molecule is CCC(C)(NC(=O)c1cnn(-c2ccc(Br)cc2)c1C)C(=O)O. The van der Waals surface area contributed by atoms with Crippen molar-refractivity contribution in [3.05, 3.63) is 46.2 Å². The molecule has 0 aliphatic heterocycles. The van der Waals surface area contributed by atoms with Crippen LogP contribution in [0.15, 0.2) is 34.9 Å². The maximum absolute atomic E-state index is 12.4. The minimum Gasteiger partial charge on any atom is -0.480 e. The average molecular weight is 380 g/mol. The first-order valence-corrected chi connectivity index (χ1v) is 7.94. The highest BCUT2D eigenvalue weighted by atomic mass is 79.9. The number of nitrogens with zero attached hydrogens (tertiary/aromatic N) is 2. The number of carbonyl (C=O) groups excluding carboxylic acids is 1. The molecule has 1 heterocycles. The number of carboxylic acids is 1. The molecule has 2 rings (SSSR count). The smallest absolute Gasteiger partial charge is 0.329 e. The number of aromatic nitrogens is 2. The van der Waals surface area contributed by atoms with Gasteiger partial charge in [-0.1, -0.05) is 22.9 Å². The maximum Gasteiger partial charge on any atom is 0.329 e. The Labute approximate surface area is 142 Å². The van der Waals surface area contributed by atoms with E-state index in [9.17, 15) is 14.7 Å². The molecular weight excluding hydrogens is 362 g/mol. The summed E-state index contributed by atoms with van der Waals surface area (Å²) in [6.07, 6.45) is 1.73. The van der Waals surface area contributed by atoms with Crippen LogP contribution in [0.25, 0.3) is 5.69 Å². The van der Waals surface area contributed by atoms with Crippen molar-refractivity contribution in [3.63, 3.8) is 0 Å². The van der Waals surface area contributed by atoms with Gasteiger partial charge in [-0.15, -0.1) is 0 Å². The lowest BCUT2D eigenvalue weighted by molar-refractivity contribution is -0.143. The molecule has 1 amide bonds. The van der Waals surface area contributed by atoms with Crippen molar-refractivity contribution in [1.29, 1.82) is 0 Å². The zero-order chi connectivity index (χ0) is 17.2. The van der Waals surface area contributed by atoms with E-state index in [1.807, 2.05) is 24.3 Å². The summed E-state index contributed by atoms with van der Waals surface area (Å²) in [5.41, 5.74) is 0.521. The largest absolute Gasteiger partial charge is 0.480 e. The average Bonchev–Trinajstić information content (AvgIpc) is 2.89. The van der Waals surface area contributed by atoms with E-state index in [4.69, 9.17) is 0 Å². The Hall–Kier alpha value is -2.15. The third-order valence-electron chi connectivity index (χ3n) is 3.89. The molecule has 2 aromatic rings. The molecule has 0 saturated carbocycles.